The summed E-state index contributed by atoms with van der Waals surface area (Å²) < 4.78 is 6.01. The predicted octanol–water partition coefficient (Wildman–Crippen LogP) is 6.72. The van der Waals surface area contributed by atoms with Gasteiger partial charge in [0.05, 0.1) is 6.61 Å². The van der Waals surface area contributed by atoms with Gasteiger partial charge in [-0.3, -0.25) is 0 Å². The minimum absolute atomic E-state index is 0.583. The summed E-state index contributed by atoms with van der Waals surface area (Å²) in [5, 5.41) is 0. The number of rotatable bonds is 12. The van der Waals surface area contributed by atoms with Crippen LogP contribution < -0.4 is 4.74 Å². The van der Waals surface area contributed by atoms with Crippen molar-refractivity contribution >= 4 is 0 Å². The van der Waals surface area contributed by atoms with E-state index < -0.39 is 0 Å². The van der Waals surface area contributed by atoms with Gasteiger partial charge in [-0.05, 0) is 30.4 Å². The number of benzene rings is 1. The quantitative estimate of drug-likeness (QED) is 0.388. The summed E-state index contributed by atoms with van der Waals surface area (Å²) in [6.45, 7) is 7.65. The fourth-order valence-corrected chi connectivity index (χ4v) is 2.66. The van der Waals surface area contributed by atoms with E-state index in [1.807, 2.05) is 0 Å². The Balaban J connectivity index is 2.15. The van der Waals surface area contributed by atoms with Crippen LogP contribution in [0.4, 0.5) is 0 Å². The number of unbranched alkanes of at least 4 members (excludes halogenated alkanes) is 7. The molecular formula is C20H34O. The third-order valence-corrected chi connectivity index (χ3v) is 4.32. The highest BCUT2D eigenvalue weighted by Gasteiger charge is 2.08. The average molecular weight is 290 g/mol. The van der Waals surface area contributed by atoms with E-state index in [1.54, 1.807) is 0 Å². The minimum atomic E-state index is 0.583. The molecular weight excluding hydrogens is 256 g/mol. The van der Waals surface area contributed by atoms with Gasteiger partial charge < -0.3 is 4.74 Å². The first kappa shape index (κ1) is 18.1. The number of para-hydroxylation sites is 1. The van der Waals surface area contributed by atoms with Gasteiger partial charge in [0.25, 0.3) is 0 Å². The Hall–Kier alpha value is -0.980. The highest BCUT2D eigenvalue weighted by molar-refractivity contribution is 5.35. The van der Waals surface area contributed by atoms with Crippen molar-refractivity contribution in [2.45, 2.75) is 84.5 Å². The lowest BCUT2D eigenvalue weighted by molar-refractivity contribution is 0.299. The molecule has 0 aliphatic carbocycles. The van der Waals surface area contributed by atoms with Crippen LogP contribution in [0.5, 0.6) is 5.75 Å². The molecule has 0 aromatic heterocycles. The largest absolute Gasteiger partial charge is 0.493 e. The van der Waals surface area contributed by atoms with E-state index in [0.717, 1.165) is 18.8 Å². The summed E-state index contributed by atoms with van der Waals surface area (Å²) in [4.78, 5) is 0. The first-order valence-corrected chi connectivity index (χ1v) is 9.01. The molecule has 0 heterocycles. The molecule has 1 heteroatoms. The van der Waals surface area contributed by atoms with Gasteiger partial charge in [0, 0.05) is 0 Å². The maximum atomic E-state index is 6.01. The number of ether oxygens (including phenoxy) is 1. The Morgan fingerprint density at radius 3 is 2.14 bits per heavy atom. The van der Waals surface area contributed by atoms with Crippen LogP contribution in [-0.4, -0.2) is 6.61 Å². The van der Waals surface area contributed by atoms with Gasteiger partial charge in [0.2, 0.25) is 0 Å². The molecule has 0 radical (unpaired) electrons. The zero-order valence-electron chi connectivity index (χ0n) is 14.4. The molecule has 1 unspecified atom stereocenters. The van der Waals surface area contributed by atoms with Crippen LogP contribution in [0.2, 0.25) is 0 Å². The topological polar surface area (TPSA) is 9.23 Å². The van der Waals surface area contributed by atoms with Gasteiger partial charge in [-0.1, -0.05) is 83.9 Å². The monoisotopic (exact) mass is 290 g/mol. The van der Waals surface area contributed by atoms with E-state index in [2.05, 4.69) is 45.0 Å². The van der Waals surface area contributed by atoms with Gasteiger partial charge in [0.1, 0.15) is 5.75 Å². The molecule has 0 saturated carbocycles. The van der Waals surface area contributed by atoms with Crippen LogP contribution in [0, 0.1) is 0 Å². The fraction of sp³-hybridized carbons (Fsp3) is 0.700. The summed E-state index contributed by atoms with van der Waals surface area (Å²) in [5.74, 6) is 1.68. The molecule has 0 aliphatic heterocycles. The van der Waals surface area contributed by atoms with Crippen molar-refractivity contribution in [3.63, 3.8) is 0 Å². The van der Waals surface area contributed by atoms with E-state index in [9.17, 15) is 0 Å². The lowest BCUT2D eigenvalue weighted by Gasteiger charge is -2.15. The van der Waals surface area contributed by atoms with Gasteiger partial charge in [0.15, 0.2) is 0 Å². The molecule has 1 aromatic rings. The Morgan fingerprint density at radius 2 is 1.48 bits per heavy atom. The third-order valence-electron chi connectivity index (χ3n) is 4.32. The smallest absolute Gasteiger partial charge is 0.122 e. The fourth-order valence-electron chi connectivity index (χ4n) is 2.66. The summed E-state index contributed by atoms with van der Waals surface area (Å²) in [6, 6.07) is 8.52. The Kier molecular flexibility index (Phi) is 10.0. The van der Waals surface area contributed by atoms with Crippen molar-refractivity contribution in [2.75, 3.05) is 6.61 Å². The van der Waals surface area contributed by atoms with Crippen molar-refractivity contribution < 1.29 is 4.74 Å². The SMILES string of the molecule is CCCCCCCCCCOc1ccccc1C(C)CC. The van der Waals surface area contributed by atoms with E-state index in [4.69, 9.17) is 4.74 Å². The Bertz CT molecular complexity index is 359. The molecule has 120 valence electrons. The van der Waals surface area contributed by atoms with E-state index in [0.29, 0.717) is 5.92 Å². The average Bonchev–Trinajstić information content (AvgIpc) is 2.53. The highest BCUT2D eigenvalue weighted by atomic mass is 16.5. The Morgan fingerprint density at radius 1 is 0.857 bits per heavy atom. The van der Waals surface area contributed by atoms with Gasteiger partial charge in [-0.2, -0.15) is 0 Å². The molecule has 1 nitrogen and oxygen atoms in total. The molecule has 0 aliphatic rings. The van der Waals surface area contributed by atoms with Crippen molar-refractivity contribution in [3.05, 3.63) is 29.8 Å². The molecule has 0 fully saturated rings. The second-order valence-electron chi connectivity index (χ2n) is 6.17. The minimum Gasteiger partial charge on any atom is -0.493 e. The lowest BCUT2D eigenvalue weighted by Crippen LogP contribution is -2.02. The van der Waals surface area contributed by atoms with Crippen LogP contribution >= 0.6 is 0 Å². The Labute approximate surface area is 132 Å². The van der Waals surface area contributed by atoms with Crippen molar-refractivity contribution in [1.29, 1.82) is 0 Å². The maximum Gasteiger partial charge on any atom is 0.122 e. The number of hydrogen-bond donors (Lipinski definition) is 0. The zero-order chi connectivity index (χ0) is 15.3. The highest BCUT2D eigenvalue weighted by Crippen LogP contribution is 2.28. The van der Waals surface area contributed by atoms with Crippen LogP contribution in [0.1, 0.15) is 90.0 Å². The van der Waals surface area contributed by atoms with Crippen molar-refractivity contribution in [3.8, 4) is 5.75 Å². The standard InChI is InChI=1S/C20H34O/c1-4-6-7-8-9-10-11-14-17-21-20-16-13-12-15-19(20)18(3)5-2/h12-13,15-16,18H,4-11,14,17H2,1-3H3. The van der Waals surface area contributed by atoms with Crippen molar-refractivity contribution in [2.24, 2.45) is 0 Å². The first-order chi connectivity index (χ1) is 10.3. The number of hydrogen-bond acceptors (Lipinski definition) is 1. The summed E-state index contributed by atoms with van der Waals surface area (Å²) >= 11 is 0. The zero-order valence-corrected chi connectivity index (χ0v) is 14.4. The molecule has 1 aromatic carbocycles. The van der Waals surface area contributed by atoms with E-state index in [-0.39, 0.29) is 0 Å². The first-order valence-electron chi connectivity index (χ1n) is 9.01. The van der Waals surface area contributed by atoms with Crippen LogP contribution in [0.15, 0.2) is 24.3 Å². The summed E-state index contributed by atoms with van der Waals surface area (Å²) in [5.41, 5.74) is 1.36. The van der Waals surface area contributed by atoms with Gasteiger partial charge in [-0.15, -0.1) is 0 Å². The van der Waals surface area contributed by atoms with Gasteiger partial charge in [-0.25, -0.2) is 0 Å². The molecule has 0 bridgehead atoms. The normalized spacial score (nSPS) is 12.3. The summed E-state index contributed by atoms with van der Waals surface area (Å²) in [6.07, 6.45) is 12.0. The van der Waals surface area contributed by atoms with Gasteiger partial charge >= 0.3 is 0 Å². The lowest BCUT2D eigenvalue weighted by atomic mass is 9.98. The third kappa shape index (κ3) is 7.55. The van der Waals surface area contributed by atoms with Crippen molar-refractivity contribution in [1.82, 2.24) is 0 Å². The van der Waals surface area contributed by atoms with E-state index in [1.165, 1.54) is 56.9 Å². The molecule has 0 spiro atoms. The molecule has 21 heavy (non-hydrogen) atoms. The molecule has 0 amide bonds. The second-order valence-corrected chi connectivity index (χ2v) is 6.17. The van der Waals surface area contributed by atoms with Crippen LogP contribution in [0.3, 0.4) is 0 Å². The molecule has 0 N–H and O–H groups in total. The molecule has 0 saturated heterocycles. The summed E-state index contributed by atoms with van der Waals surface area (Å²) in [7, 11) is 0. The van der Waals surface area contributed by atoms with Crippen LogP contribution in [0.25, 0.3) is 0 Å². The molecule has 1 atom stereocenters. The van der Waals surface area contributed by atoms with E-state index >= 15 is 0 Å². The van der Waals surface area contributed by atoms with Crippen LogP contribution in [-0.2, 0) is 0 Å². The maximum absolute atomic E-state index is 6.01. The molecule has 1 rings (SSSR count). The second kappa shape index (κ2) is 11.7. The predicted molar refractivity (Wildman–Crippen MR) is 93.3 cm³/mol.